The zero-order valence-electron chi connectivity index (χ0n) is 7.66. The molecule has 0 amide bonds. The monoisotopic (exact) mass is 196 g/mol. The van der Waals surface area contributed by atoms with Crippen LogP contribution in [0.3, 0.4) is 0 Å². The number of hydrogen-bond acceptors (Lipinski definition) is 5. The second kappa shape index (κ2) is 4.17. The molecule has 76 valence electrons. The molecule has 3 N–H and O–H groups in total. The molecule has 1 heterocycles. The van der Waals surface area contributed by atoms with Crippen molar-refractivity contribution in [1.29, 1.82) is 0 Å². The molecule has 1 aliphatic rings. The number of nitrogens with two attached hydrogens (primary N) is 1. The van der Waals surface area contributed by atoms with Crippen LogP contribution in [0.25, 0.3) is 0 Å². The largest absolute Gasteiger partial charge is 0.492 e. The van der Waals surface area contributed by atoms with E-state index in [1.807, 2.05) is 12.1 Å². The lowest BCUT2D eigenvalue weighted by atomic mass is 10.3. The summed E-state index contributed by atoms with van der Waals surface area (Å²) in [5.74, 6) is 7.35. The molecule has 0 bridgehead atoms. The zero-order chi connectivity index (χ0) is 9.80. The lowest BCUT2D eigenvalue weighted by molar-refractivity contribution is 0.173. The Morgan fingerprint density at radius 3 is 3.07 bits per heavy atom. The van der Waals surface area contributed by atoms with Crippen LogP contribution in [-0.2, 0) is 0 Å². The molecule has 0 aromatic heterocycles. The first-order valence-corrected chi connectivity index (χ1v) is 4.36. The van der Waals surface area contributed by atoms with E-state index < -0.39 is 0 Å². The van der Waals surface area contributed by atoms with Crippen molar-refractivity contribution in [3.8, 4) is 17.2 Å². The Labute approximate surface area is 81.7 Å². The van der Waals surface area contributed by atoms with Crippen molar-refractivity contribution in [3.63, 3.8) is 0 Å². The molecule has 0 radical (unpaired) electrons. The summed E-state index contributed by atoms with van der Waals surface area (Å²) in [6.45, 7) is 1.41. The van der Waals surface area contributed by atoms with Gasteiger partial charge in [0.1, 0.15) is 12.4 Å². The number of fused-ring (bicyclic) bond motifs is 1. The Hall–Kier alpha value is -1.46. The molecule has 0 saturated heterocycles. The highest BCUT2D eigenvalue weighted by Crippen LogP contribution is 2.34. The summed E-state index contributed by atoms with van der Waals surface area (Å²) in [5, 5.41) is 0. The average molecular weight is 196 g/mol. The predicted octanol–water partition coefficient (Wildman–Crippen LogP) is 0.257. The highest BCUT2D eigenvalue weighted by molar-refractivity contribution is 5.46. The van der Waals surface area contributed by atoms with Gasteiger partial charge in [-0.1, -0.05) is 0 Å². The van der Waals surface area contributed by atoms with Crippen LogP contribution in [-0.4, -0.2) is 19.9 Å². The minimum absolute atomic E-state index is 0.281. The van der Waals surface area contributed by atoms with Crippen molar-refractivity contribution in [3.05, 3.63) is 18.2 Å². The maximum absolute atomic E-state index is 5.39. The van der Waals surface area contributed by atoms with Gasteiger partial charge in [-0.25, -0.2) is 0 Å². The molecule has 2 rings (SSSR count). The fraction of sp³-hybridized carbons (Fsp3) is 0.333. The quantitative estimate of drug-likeness (QED) is 0.410. The van der Waals surface area contributed by atoms with Gasteiger partial charge in [0.15, 0.2) is 11.5 Å². The molecule has 0 saturated carbocycles. The highest BCUT2D eigenvalue weighted by atomic mass is 16.7. The van der Waals surface area contributed by atoms with Crippen LogP contribution in [0.15, 0.2) is 18.2 Å². The van der Waals surface area contributed by atoms with Crippen LogP contribution in [0.2, 0.25) is 0 Å². The van der Waals surface area contributed by atoms with Crippen molar-refractivity contribution in [2.45, 2.75) is 0 Å². The topological polar surface area (TPSA) is 65.7 Å². The molecule has 1 aliphatic heterocycles. The Balaban J connectivity index is 1.98. The standard InChI is InChI=1S/C9H12N2O3/c10-11-3-4-12-7-1-2-8-9(5-7)14-6-13-8/h1-2,5,11H,3-4,6,10H2. The molecule has 1 aromatic rings. The summed E-state index contributed by atoms with van der Waals surface area (Å²) in [6, 6.07) is 5.47. The van der Waals surface area contributed by atoms with E-state index in [1.54, 1.807) is 6.07 Å². The van der Waals surface area contributed by atoms with Gasteiger partial charge >= 0.3 is 0 Å². The molecule has 5 nitrogen and oxygen atoms in total. The summed E-state index contributed by atoms with van der Waals surface area (Å²) in [4.78, 5) is 0. The van der Waals surface area contributed by atoms with E-state index in [0.717, 1.165) is 17.2 Å². The predicted molar refractivity (Wildman–Crippen MR) is 50.3 cm³/mol. The van der Waals surface area contributed by atoms with Crippen LogP contribution in [0.5, 0.6) is 17.2 Å². The molecule has 0 aliphatic carbocycles. The summed E-state index contributed by atoms with van der Waals surface area (Å²) in [7, 11) is 0. The van der Waals surface area contributed by atoms with Gasteiger partial charge in [0, 0.05) is 12.6 Å². The number of hydrazine groups is 1. The highest BCUT2D eigenvalue weighted by Gasteiger charge is 2.13. The van der Waals surface area contributed by atoms with Crippen molar-refractivity contribution in [1.82, 2.24) is 5.43 Å². The van der Waals surface area contributed by atoms with E-state index in [9.17, 15) is 0 Å². The zero-order valence-corrected chi connectivity index (χ0v) is 7.66. The lowest BCUT2D eigenvalue weighted by Crippen LogP contribution is -2.27. The first-order chi connectivity index (χ1) is 6.90. The van der Waals surface area contributed by atoms with Crippen LogP contribution in [0, 0.1) is 0 Å². The van der Waals surface area contributed by atoms with Crippen LogP contribution in [0.4, 0.5) is 0 Å². The third-order valence-corrected chi connectivity index (χ3v) is 1.86. The fourth-order valence-electron chi connectivity index (χ4n) is 1.19. The maximum Gasteiger partial charge on any atom is 0.231 e. The first kappa shape index (κ1) is 9.11. The van der Waals surface area contributed by atoms with E-state index in [0.29, 0.717) is 13.2 Å². The van der Waals surface area contributed by atoms with E-state index in [-0.39, 0.29) is 6.79 Å². The smallest absolute Gasteiger partial charge is 0.231 e. The SMILES string of the molecule is NNCCOc1ccc2c(c1)OCO2. The molecule has 1 aromatic carbocycles. The number of hydrogen-bond donors (Lipinski definition) is 2. The Bertz CT molecular complexity index is 317. The van der Waals surface area contributed by atoms with Crippen LogP contribution in [0.1, 0.15) is 0 Å². The molecule has 0 fully saturated rings. The maximum atomic E-state index is 5.39. The van der Waals surface area contributed by atoms with Gasteiger partial charge < -0.3 is 14.2 Å². The number of ether oxygens (including phenoxy) is 3. The van der Waals surface area contributed by atoms with Gasteiger partial charge in [0.2, 0.25) is 6.79 Å². The van der Waals surface area contributed by atoms with Crippen LogP contribution >= 0.6 is 0 Å². The summed E-state index contributed by atoms with van der Waals surface area (Å²) < 4.78 is 15.8. The molecule has 0 spiro atoms. The minimum atomic E-state index is 0.281. The molecule has 5 heteroatoms. The number of nitrogens with one attached hydrogen (secondary N) is 1. The lowest BCUT2D eigenvalue weighted by Gasteiger charge is -2.05. The van der Waals surface area contributed by atoms with Gasteiger partial charge in [-0.05, 0) is 12.1 Å². The van der Waals surface area contributed by atoms with E-state index in [4.69, 9.17) is 20.1 Å². The summed E-state index contributed by atoms with van der Waals surface area (Å²) >= 11 is 0. The van der Waals surface area contributed by atoms with Gasteiger partial charge in [0.25, 0.3) is 0 Å². The minimum Gasteiger partial charge on any atom is -0.492 e. The van der Waals surface area contributed by atoms with Crippen molar-refractivity contribution in [2.75, 3.05) is 19.9 Å². The fourth-order valence-corrected chi connectivity index (χ4v) is 1.19. The Morgan fingerprint density at radius 1 is 1.36 bits per heavy atom. The third kappa shape index (κ3) is 1.89. The Morgan fingerprint density at radius 2 is 2.21 bits per heavy atom. The van der Waals surface area contributed by atoms with Crippen molar-refractivity contribution in [2.24, 2.45) is 5.84 Å². The summed E-state index contributed by atoms with van der Waals surface area (Å²) in [6.07, 6.45) is 0. The molecule has 14 heavy (non-hydrogen) atoms. The Kier molecular flexibility index (Phi) is 2.71. The molecule has 0 atom stereocenters. The normalized spacial score (nSPS) is 12.9. The first-order valence-electron chi connectivity index (χ1n) is 4.36. The van der Waals surface area contributed by atoms with E-state index >= 15 is 0 Å². The summed E-state index contributed by atoms with van der Waals surface area (Å²) in [5.41, 5.74) is 2.51. The average Bonchev–Trinajstić information content (AvgIpc) is 2.65. The third-order valence-electron chi connectivity index (χ3n) is 1.86. The van der Waals surface area contributed by atoms with Gasteiger partial charge in [-0.2, -0.15) is 0 Å². The van der Waals surface area contributed by atoms with E-state index in [2.05, 4.69) is 5.43 Å². The number of benzene rings is 1. The van der Waals surface area contributed by atoms with Gasteiger partial charge in [0.05, 0.1) is 0 Å². The molecule has 0 unspecified atom stereocenters. The second-order valence-electron chi connectivity index (χ2n) is 2.82. The molecular formula is C9H12N2O3. The van der Waals surface area contributed by atoms with Gasteiger partial charge in [-0.15, -0.1) is 0 Å². The van der Waals surface area contributed by atoms with Crippen molar-refractivity contribution >= 4 is 0 Å². The van der Waals surface area contributed by atoms with Crippen LogP contribution < -0.4 is 25.5 Å². The second-order valence-corrected chi connectivity index (χ2v) is 2.82. The number of rotatable bonds is 4. The van der Waals surface area contributed by atoms with Gasteiger partial charge in [-0.3, -0.25) is 11.3 Å². The van der Waals surface area contributed by atoms with Crippen molar-refractivity contribution < 1.29 is 14.2 Å². The molecular weight excluding hydrogens is 184 g/mol. The van der Waals surface area contributed by atoms with E-state index in [1.165, 1.54) is 0 Å².